The highest BCUT2D eigenvalue weighted by Crippen LogP contribution is 2.17. The molecule has 0 bridgehead atoms. The van der Waals surface area contributed by atoms with Crippen molar-refractivity contribution in [1.29, 1.82) is 0 Å². The third kappa shape index (κ3) is 6.25. The highest BCUT2D eigenvalue weighted by Gasteiger charge is 2.22. The van der Waals surface area contributed by atoms with Crippen LogP contribution in [0.4, 0.5) is 0 Å². The number of guanidine groups is 1. The normalized spacial score (nSPS) is 13.9. The number of carbonyl (C=O) groups excluding carboxylic acids is 2. The largest absolute Gasteiger partial charge is 0.361 e. The second-order valence-corrected chi connectivity index (χ2v) is 7.74. The van der Waals surface area contributed by atoms with Gasteiger partial charge in [-0.05, 0) is 35.7 Å². The Labute approximate surface area is 210 Å². The zero-order chi connectivity index (χ0) is 22.3. The summed E-state index contributed by atoms with van der Waals surface area (Å²) in [4.78, 5) is 33.2. The number of aromatic nitrogens is 1. The Morgan fingerprint density at radius 3 is 2.67 bits per heavy atom. The number of aliphatic imine (C=N–C) groups is 1. The number of benzene rings is 2. The zero-order valence-corrected chi connectivity index (χ0v) is 20.9. The van der Waals surface area contributed by atoms with Gasteiger partial charge in [0.2, 0.25) is 5.91 Å². The first-order chi connectivity index (χ1) is 15.6. The van der Waals surface area contributed by atoms with E-state index in [2.05, 4.69) is 50.3 Å². The summed E-state index contributed by atoms with van der Waals surface area (Å²) in [6.45, 7) is 2.50. The van der Waals surface area contributed by atoms with Crippen LogP contribution >= 0.6 is 24.0 Å². The quantitative estimate of drug-likeness (QED) is 0.211. The van der Waals surface area contributed by atoms with Crippen LogP contribution in [0.5, 0.6) is 0 Å². The first-order valence-electron chi connectivity index (χ1n) is 10.8. The molecule has 9 heteroatoms. The van der Waals surface area contributed by atoms with Gasteiger partial charge in [0.15, 0.2) is 5.96 Å². The molecule has 0 saturated carbocycles. The highest BCUT2D eigenvalue weighted by molar-refractivity contribution is 14.0. The number of amides is 2. The molecule has 2 heterocycles. The van der Waals surface area contributed by atoms with E-state index in [-0.39, 0.29) is 42.3 Å². The van der Waals surface area contributed by atoms with E-state index >= 15 is 0 Å². The van der Waals surface area contributed by atoms with Crippen molar-refractivity contribution in [3.63, 3.8) is 0 Å². The average Bonchev–Trinajstić information content (AvgIpc) is 3.24. The van der Waals surface area contributed by atoms with Crippen molar-refractivity contribution in [3.05, 3.63) is 71.4 Å². The fraction of sp³-hybridized carbons (Fsp3) is 0.292. The average molecular weight is 560 g/mol. The summed E-state index contributed by atoms with van der Waals surface area (Å²) >= 11 is 0. The Morgan fingerprint density at radius 2 is 1.91 bits per heavy atom. The molecule has 0 radical (unpaired) electrons. The Hall–Kier alpha value is -3.08. The fourth-order valence-electron chi connectivity index (χ4n) is 3.82. The maximum atomic E-state index is 12.6. The Bertz CT molecular complexity index is 1130. The zero-order valence-electron chi connectivity index (χ0n) is 18.6. The van der Waals surface area contributed by atoms with Crippen LogP contribution in [0.2, 0.25) is 0 Å². The summed E-state index contributed by atoms with van der Waals surface area (Å²) in [5.74, 6) is 0.493. The van der Waals surface area contributed by atoms with E-state index in [1.807, 2.05) is 18.2 Å². The van der Waals surface area contributed by atoms with Gasteiger partial charge in [0.25, 0.3) is 5.91 Å². The lowest BCUT2D eigenvalue weighted by molar-refractivity contribution is -0.123. The fourth-order valence-corrected chi connectivity index (χ4v) is 3.82. The second-order valence-electron chi connectivity index (χ2n) is 7.74. The summed E-state index contributed by atoms with van der Waals surface area (Å²) in [6.07, 6.45) is 2.94. The van der Waals surface area contributed by atoms with Gasteiger partial charge in [-0.2, -0.15) is 0 Å². The van der Waals surface area contributed by atoms with E-state index in [1.54, 1.807) is 24.1 Å². The topological polar surface area (TPSA) is 102 Å². The standard InChI is InChI=1S/C24H28N6O2.HI/c1-25-24(27-11-10-19-15-28-21-5-3-2-4-20(19)21)29-14-17-6-8-18(9-7-17)23(32)30-13-12-26-22(31)16-30;/h2-9,15,28H,10-14,16H2,1H3,(H,26,31)(H2,25,27,29);1H. The third-order valence-corrected chi connectivity index (χ3v) is 5.57. The summed E-state index contributed by atoms with van der Waals surface area (Å²) in [5.41, 5.74) is 4.05. The molecule has 0 aliphatic carbocycles. The number of nitrogens with zero attached hydrogens (tertiary/aromatic N) is 2. The van der Waals surface area contributed by atoms with E-state index in [1.165, 1.54) is 10.9 Å². The predicted molar refractivity (Wildman–Crippen MR) is 141 cm³/mol. The van der Waals surface area contributed by atoms with Crippen molar-refractivity contribution in [2.75, 3.05) is 33.2 Å². The first kappa shape index (κ1) is 24.6. The number of hydrogen-bond acceptors (Lipinski definition) is 3. The highest BCUT2D eigenvalue weighted by atomic mass is 127. The van der Waals surface area contributed by atoms with Gasteiger partial charge in [-0.25, -0.2) is 0 Å². The molecule has 1 aliphatic heterocycles. The number of hydrogen-bond donors (Lipinski definition) is 4. The molecule has 2 amide bonds. The lowest BCUT2D eigenvalue weighted by Gasteiger charge is -2.26. The van der Waals surface area contributed by atoms with Crippen molar-refractivity contribution in [1.82, 2.24) is 25.8 Å². The van der Waals surface area contributed by atoms with Crippen LogP contribution in [-0.2, 0) is 17.8 Å². The van der Waals surface area contributed by atoms with E-state index < -0.39 is 0 Å². The van der Waals surface area contributed by atoms with Gasteiger partial charge in [-0.1, -0.05) is 30.3 Å². The van der Waals surface area contributed by atoms with Crippen LogP contribution in [-0.4, -0.2) is 60.9 Å². The molecule has 2 aromatic carbocycles. The number of halogens is 1. The van der Waals surface area contributed by atoms with Gasteiger partial charge >= 0.3 is 0 Å². The van der Waals surface area contributed by atoms with Crippen molar-refractivity contribution in [3.8, 4) is 0 Å². The molecule has 1 saturated heterocycles. The molecule has 1 fully saturated rings. The van der Waals surface area contributed by atoms with Gasteiger partial charge < -0.3 is 25.8 Å². The van der Waals surface area contributed by atoms with Crippen LogP contribution in [0.15, 0.2) is 59.7 Å². The maximum absolute atomic E-state index is 12.6. The molecular formula is C24H29IN6O2. The Morgan fingerprint density at radius 1 is 1.12 bits per heavy atom. The predicted octanol–water partition coefficient (Wildman–Crippen LogP) is 2.27. The SMILES string of the molecule is CN=C(NCCc1c[nH]c2ccccc12)NCc1ccc(C(=O)N2CCNC(=O)C2)cc1.I. The molecule has 0 atom stereocenters. The molecule has 8 nitrogen and oxygen atoms in total. The van der Waals surface area contributed by atoms with Crippen molar-refractivity contribution < 1.29 is 9.59 Å². The van der Waals surface area contributed by atoms with Gasteiger partial charge in [0.05, 0.1) is 6.54 Å². The number of piperazine rings is 1. The summed E-state index contributed by atoms with van der Waals surface area (Å²) in [6, 6.07) is 15.7. The molecule has 1 aliphatic rings. The molecular weight excluding hydrogens is 531 g/mol. The van der Waals surface area contributed by atoms with Gasteiger partial charge in [-0.3, -0.25) is 14.6 Å². The Kier molecular flexibility index (Phi) is 8.70. The van der Waals surface area contributed by atoms with Crippen molar-refractivity contribution in [2.24, 2.45) is 4.99 Å². The number of H-pyrrole nitrogens is 1. The number of fused-ring (bicyclic) bond motifs is 1. The molecule has 3 aromatic rings. The van der Waals surface area contributed by atoms with E-state index in [9.17, 15) is 9.59 Å². The minimum Gasteiger partial charge on any atom is -0.361 e. The van der Waals surface area contributed by atoms with Crippen LogP contribution in [0.25, 0.3) is 10.9 Å². The number of carbonyl (C=O) groups is 2. The smallest absolute Gasteiger partial charge is 0.254 e. The van der Waals surface area contributed by atoms with Crippen molar-refractivity contribution >= 4 is 52.7 Å². The maximum Gasteiger partial charge on any atom is 0.254 e. The van der Waals surface area contributed by atoms with Crippen molar-refractivity contribution in [2.45, 2.75) is 13.0 Å². The van der Waals surface area contributed by atoms with Crippen LogP contribution in [0.1, 0.15) is 21.5 Å². The number of aromatic amines is 1. The Balaban J connectivity index is 0.00000306. The van der Waals surface area contributed by atoms with E-state index in [4.69, 9.17) is 0 Å². The second kappa shape index (κ2) is 11.7. The molecule has 0 spiro atoms. The molecule has 4 rings (SSSR count). The minimum absolute atomic E-state index is 0. The molecule has 1 aromatic heterocycles. The van der Waals surface area contributed by atoms with E-state index in [0.717, 1.165) is 30.0 Å². The number of nitrogens with one attached hydrogen (secondary N) is 4. The summed E-state index contributed by atoms with van der Waals surface area (Å²) in [7, 11) is 1.75. The minimum atomic E-state index is -0.117. The molecule has 0 unspecified atom stereocenters. The summed E-state index contributed by atoms with van der Waals surface area (Å²) < 4.78 is 0. The number of rotatable bonds is 6. The van der Waals surface area contributed by atoms with Gasteiger partial charge in [0.1, 0.15) is 0 Å². The lowest BCUT2D eigenvalue weighted by Crippen LogP contribution is -2.49. The molecule has 33 heavy (non-hydrogen) atoms. The van der Waals surface area contributed by atoms with Gasteiger partial charge in [0, 0.05) is 55.9 Å². The first-order valence-corrected chi connectivity index (χ1v) is 10.8. The van der Waals surface area contributed by atoms with Gasteiger partial charge in [-0.15, -0.1) is 24.0 Å². The number of para-hydroxylation sites is 1. The van der Waals surface area contributed by atoms with Crippen LogP contribution in [0.3, 0.4) is 0 Å². The van der Waals surface area contributed by atoms with Crippen LogP contribution in [0, 0.1) is 0 Å². The monoisotopic (exact) mass is 560 g/mol. The molecule has 4 N–H and O–H groups in total. The summed E-state index contributed by atoms with van der Waals surface area (Å²) in [5, 5.41) is 10.6. The van der Waals surface area contributed by atoms with Crippen LogP contribution < -0.4 is 16.0 Å². The lowest BCUT2D eigenvalue weighted by atomic mass is 10.1. The van der Waals surface area contributed by atoms with E-state index in [0.29, 0.717) is 25.2 Å². The molecule has 174 valence electrons. The third-order valence-electron chi connectivity index (χ3n) is 5.57.